The third-order valence-electron chi connectivity index (χ3n) is 6.61. The lowest BCUT2D eigenvalue weighted by Crippen LogP contribution is -2.42. The number of halogens is 3. The van der Waals surface area contributed by atoms with Gasteiger partial charge in [-0.15, -0.1) is 0 Å². The second kappa shape index (κ2) is 17.7. The van der Waals surface area contributed by atoms with Crippen molar-refractivity contribution in [1.82, 2.24) is 15.6 Å². The summed E-state index contributed by atoms with van der Waals surface area (Å²) in [7, 11) is 0. The summed E-state index contributed by atoms with van der Waals surface area (Å²) in [6, 6.07) is 30.0. The van der Waals surface area contributed by atoms with Crippen LogP contribution in [0.1, 0.15) is 42.5 Å². The molecular weight excluding hydrogens is 617 g/mol. The molecule has 2 atom stereocenters. The van der Waals surface area contributed by atoms with Gasteiger partial charge < -0.3 is 26.2 Å². The molecule has 0 fully saturated rings. The number of nitrogens with one attached hydrogen (secondary N) is 3. The van der Waals surface area contributed by atoms with E-state index in [1.165, 1.54) is 0 Å². The summed E-state index contributed by atoms with van der Waals surface area (Å²) in [6.07, 6.45) is -2.95. The molecule has 0 aliphatic rings. The van der Waals surface area contributed by atoms with Crippen LogP contribution in [0, 0.1) is 0 Å². The first-order valence-electron chi connectivity index (χ1n) is 14.4. The monoisotopic (exact) mass is 650 g/mol. The average molecular weight is 651 g/mol. The van der Waals surface area contributed by atoms with E-state index < -0.39 is 36.1 Å². The van der Waals surface area contributed by atoms with Crippen LogP contribution in [0.4, 0.5) is 19.0 Å². The zero-order chi connectivity index (χ0) is 34.2. The van der Waals surface area contributed by atoms with Gasteiger partial charge in [-0.3, -0.25) is 14.4 Å². The highest BCUT2D eigenvalue weighted by Gasteiger charge is 2.38. The fourth-order valence-electron chi connectivity index (χ4n) is 4.33. The van der Waals surface area contributed by atoms with Crippen LogP contribution in [0.3, 0.4) is 0 Å². The van der Waals surface area contributed by atoms with Crippen molar-refractivity contribution in [3.63, 3.8) is 0 Å². The maximum Gasteiger partial charge on any atom is 0.490 e. The van der Waals surface area contributed by atoms with Crippen molar-refractivity contribution in [1.29, 1.82) is 0 Å². The van der Waals surface area contributed by atoms with E-state index in [2.05, 4.69) is 20.9 Å². The number of aromatic nitrogens is 1. The standard InChI is InChI=1S/C32H32N4O4.C2HF3O2/c37-29(15-9-21-34-28-14-7-8-20-33-28)36-31(26-12-5-2-6-13-26)32(40)35-27(22-30(38)39)25-18-16-24(17-19-25)23-10-3-1-4-11-23;3-2(4,5)1(6)7/h1-8,10-14,16-20,27,31H,9,15,21-22H2,(H,33,34)(H,35,40)(H,36,37)(H,38,39);(H,6,7)/t27?,31-;/m1./s1. The molecule has 0 spiro atoms. The molecule has 0 radical (unpaired) electrons. The number of carboxylic acids is 2. The van der Waals surface area contributed by atoms with Gasteiger partial charge >= 0.3 is 18.1 Å². The minimum absolute atomic E-state index is 0.204. The van der Waals surface area contributed by atoms with E-state index in [1.807, 2.05) is 78.9 Å². The van der Waals surface area contributed by atoms with Crippen LogP contribution in [0.2, 0.25) is 0 Å². The molecule has 13 heteroatoms. The van der Waals surface area contributed by atoms with Gasteiger partial charge in [0, 0.05) is 19.2 Å². The van der Waals surface area contributed by atoms with Gasteiger partial charge in [0.15, 0.2) is 0 Å². The summed E-state index contributed by atoms with van der Waals surface area (Å²) in [5, 5.41) is 25.5. The molecule has 0 aliphatic carbocycles. The van der Waals surface area contributed by atoms with E-state index in [0.717, 1.165) is 16.9 Å². The lowest BCUT2D eigenvalue weighted by Gasteiger charge is -2.23. The molecule has 10 nitrogen and oxygen atoms in total. The van der Waals surface area contributed by atoms with Crippen molar-refractivity contribution in [3.05, 3.63) is 120 Å². The van der Waals surface area contributed by atoms with Crippen molar-refractivity contribution in [2.24, 2.45) is 0 Å². The van der Waals surface area contributed by atoms with Crippen LogP contribution in [0.25, 0.3) is 11.1 Å². The number of rotatable bonds is 13. The van der Waals surface area contributed by atoms with Crippen molar-refractivity contribution in [2.75, 3.05) is 11.9 Å². The van der Waals surface area contributed by atoms with Gasteiger partial charge in [0.1, 0.15) is 11.9 Å². The quantitative estimate of drug-likeness (QED) is 0.114. The normalized spacial score (nSPS) is 12.0. The summed E-state index contributed by atoms with van der Waals surface area (Å²) in [5.74, 6) is -3.84. The maximum absolute atomic E-state index is 13.5. The molecule has 1 unspecified atom stereocenters. The minimum atomic E-state index is -5.08. The van der Waals surface area contributed by atoms with Crippen LogP contribution in [-0.2, 0) is 19.2 Å². The number of alkyl halides is 3. The minimum Gasteiger partial charge on any atom is -0.481 e. The summed E-state index contributed by atoms with van der Waals surface area (Å²) in [6.45, 7) is 0.548. The Hall–Kier alpha value is -5.72. The number of hydrogen-bond acceptors (Lipinski definition) is 6. The molecule has 0 aliphatic heterocycles. The zero-order valence-corrected chi connectivity index (χ0v) is 25.0. The highest BCUT2D eigenvalue weighted by Crippen LogP contribution is 2.25. The largest absolute Gasteiger partial charge is 0.490 e. The van der Waals surface area contributed by atoms with Gasteiger partial charge in [-0.2, -0.15) is 13.2 Å². The van der Waals surface area contributed by atoms with E-state index in [-0.39, 0.29) is 18.7 Å². The highest BCUT2D eigenvalue weighted by atomic mass is 19.4. The first-order valence-corrected chi connectivity index (χ1v) is 14.4. The van der Waals surface area contributed by atoms with Gasteiger partial charge in [0.2, 0.25) is 11.8 Å². The third-order valence-corrected chi connectivity index (χ3v) is 6.61. The third kappa shape index (κ3) is 12.3. The molecule has 1 heterocycles. The number of carbonyl (C=O) groups is 4. The van der Waals surface area contributed by atoms with Crippen LogP contribution in [0.5, 0.6) is 0 Å². The molecule has 47 heavy (non-hydrogen) atoms. The molecule has 4 rings (SSSR count). The Bertz CT molecular complexity index is 1590. The van der Waals surface area contributed by atoms with Crippen molar-refractivity contribution in [3.8, 4) is 11.1 Å². The summed E-state index contributed by atoms with van der Waals surface area (Å²) >= 11 is 0. The van der Waals surface area contributed by atoms with Gasteiger partial charge in [-0.1, -0.05) is 91.0 Å². The van der Waals surface area contributed by atoms with Gasteiger partial charge in [-0.05, 0) is 40.8 Å². The summed E-state index contributed by atoms with van der Waals surface area (Å²) < 4.78 is 31.7. The van der Waals surface area contributed by atoms with E-state index in [9.17, 15) is 32.7 Å². The van der Waals surface area contributed by atoms with Crippen molar-refractivity contribution < 1.29 is 42.6 Å². The Labute approximate surface area is 268 Å². The molecule has 1 aromatic heterocycles. The van der Waals surface area contributed by atoms with Crippen LogP contribution < -0.4 is 16.0 Å². The second-order valence-electron chi connectivity index (χ2n) is 10.1. The number of benzene rings is 3. The number of carboxylic acid groups (broad SMARTS) is 2. The number of hydrogen-bond donors (Lipinski definition) is 5. The van der Waals surface area contributed by atoms with Crippen LogP contribution in [-0.4, -0.2) is 51.7 Å². The number of carbonyl (C=O) groups excluding carboxylic acids is 2. The van der Waals surface area contributed by atoms with Crippen LogP contribution in [0.15, 0.2) is 109 Å². The van der Waals surface area contributed by atoms with E-state index in [0.29, 0.717) is 24.1 Å². The molecule has 0 bridgehead atoms. The van der Waals surface area contributed by atoms with E-state index >= 15 is 0 Å². The Balaban J connectivity index is 0.000000771. The smallest absolute Gasteiger partial charge is 0.481 e. The predicted octanol–water partition coefficient (Wildman–Crippen LogP) is 5.76. The zero-order valence-electron chi connectivity index (χ0n) is 25.0. The fourth-order valence-corrected chi connectivity index (χ4v) is 4.33. The van der Waals surface area contributed by atoms with Crippen LogP contribution >= 0.6 is 0 Å². The average Bonchev–Trinajstić information content (AvgIpc) is 3.06. The molecule has 0 saturated carbocycles. The molecule has 3 aromatic carbocycles. The lowest BCUT2D eigenvalue weighted by atomic mass is 9.98. The predicted molar refractivity (Wildman–Crippen MR) is 168 cm³/mol. The molecule has 246 valence electrons. The number of anilines is 1. The Morgan fingerprint density at radius 1 is 0.723 bits per heavy atom. The Morgan fingerprint density at radius 2 is 1.30 bits per heavy atom. The van der Waals surface area contributed by atoms with Crippen molar-refractivity contribution >= 4 is 29.6 Å². The summed E-state index contributed by atoms with van der Waals surface area (Å²) in [4.78, 5) is 51.1. The Morgan fingerprint density at radius 3 is 1.85 bits per heavy atom. The first-order chi connectivity index (χ1) is 22.4. The maximum atomic E-state index is 13.5. The first kappa shape index (κ1) is 35.8. The summed E-state index contributed by atoms with van der Waals surface area (Å²) in [5.41, 5.74) is 3.29. The molecular formula is C34H33F3N4O6. The van der Waals surface area contributed by atoms with Gasteiger partial charge in [-0.25, -0.2) is 9.78 Å². The number of aliphatic carboxylic acids is 2. The Kier molecular flexibility index (Phi) is 13.5. The molecule has 2 amide bonds. The molecule has 4 aromatic rings. The van der Waals surface area contributed by atoms with E-state index in [4.69, 9.17) is 9.90 Å². The van der Waals surface area contributed by atoms with Crippen molar-refractivity contribution in [2.45, 2.75) is 37.5 Å². The molecule has 5 N–H and O–H groups in total. The number of amides is 2. The number of nitrogens with zero attached hydrogens (tertiary/aromatic N) is 1. The van der Waals surface area contributed by atoms with Gasteiger partial charge in [0.25, 0.3) is 0 Å². The highest BCUT2D eigenvalue weighted by molar-refractivity contribution is 5.89. The number of pyridine rings is 1. The topological polar surface area (TPSA) is 158 Å². The molecule has 0 saturated heterocycles. The lowest BCUT2D eigenvalue weighted by molar-refractivity contribution is -0.192. The van der Waals surface area contributed by atoms with E-state index in [1.54, 1.807) is 30.5 Å². The van der Waals surface area contributed by atoms with Gasteiger partial charge in [0.05, 0.1) is 12.5 Å². The fraction of sp³-hybridized carbons (Fsp3) is 0.206. The second-order valence-corrected chi connectivity index (χ2v) is 10.1. The SMILES string of the molecule is O=C(O)C(F)(F)F.O=C(O)CC(NC(=O)[C@H](NC(=O)CCCNc1ccccn1)c1ccccc1)c1ccc(-c2ccccc2)cc1.